The molecule has 0 fully saturated rings. The van der Waals surface area contributed by atoms with Crippen LogP contribution >= 0.6 is 12.4 Å². The van der Waals surface area contributed by atoms with Crippen LogP contribution in [0.25, 0.3) is 0 Å². The number of imidazole rings is 1. The van der Waals surface area contributed by atoms with Crippen molar-refractivity contribution < 1.29 is 9.53 Å². The second-order valence-corrected chi connectivity index (χ2v) is 4.41. The van der Waals surface area contributed by atoms with E-state index in [1.54, 1.807) is 12.5 Å². The number of esters is 1. The van der Waals surface area contributed by atoms with Crippen molar-refractivity contribution in [3.8, 4) is 0 Å². The van der Waals surface area contributed by atoms with E-state index in [4.69, 9.17) is 4.74 Å². The first-order valence-corrected chi connectivity index (χ1v) is 6.48. The highest BCUT2D eigenvalue weighted by atomic mass is 35.5. The normalized spacial score (nSPS) is 11.5. The summed E-state index contributed by atoms with van der Waals surface area (Å²) in [5, 5.41) is 0. The molecule has 1 atom stereocenters. The lowest BCUT2D eigenvalue weighted by Crippen LogP contribution is -2.15. The number of ether oxygens (including phenoxy) is 1. The van der Waals surface area contributed by atoms with Gasteiger partial charge in [0.1, 0.15) is 5.69 Å². The molecule has 0 N–H and O–H groups in total. The third-order valence-electron chi connectivity index (χ3n) is 3.01. The van der Waals surface area contributed by atoms with Crippen LogP contribution in [0.3, 0.4) is 0 Å². The van der Waals surface area contributed by atoms with Gasteiger partial charge in [-0.15, -0.1) is 12.4 Å². The second kappa shape index (κ2) is 7.70. The van der Waals surface area contributed by atoms with Gasteiger partial charge in [-0.3, -0.25) is 0 Å². The molecule has 108 valence electrons. The van der Waals surface area contributed by atoms with Gasteiger partial charge in [-0.1, -0.05) is 37.3 Å². The first kappa shape index (κ1) is 16.2. The number of rotatable bonds is 5. The Hall–Kier alpha value is -1.81. The van der Waals surface area contributed by atoms with E-state index in [1.807, 2.05) is 48.7 Å². The minimum Gasteiger partial charge on any atom is -0.461 e. The molecular formula is C15H19ClN2O2. The number of hydrogen-bond donors (Lipinski definition) is 0. The summed E-state index contributed by atoms with van der Waals surface area (Å²) in [4.78, 5) is 16.0. The van der Waals surface area contributed by atoms with Gasteiger partial charge in [-0.25, -0.2) is 9.78 Å². The van der Waals surface area contributed by atoms with Gasteiger partial charge in [0.05, 0.1) is 25.2 Å². The molecule has 0 spiro atoms. The molecule has 2 aromatic rings. The Morgan fingerprint density at radius 1 is 1.35 bits per heavy atom. The maximum Gasteiger partial charge on any atom is 0.356 e. The SMILES string of the molecule is CCCOC(=O)c1cncn1[C@H](C)c1ccccc1.Cl. The average molecular weight is 295 g/mol. The van der Waals surface area contributed by atoms with Crippen molar-refractivity contribution in [2.75, 3.05) is 6.61 Å². The van der Waals surface area contributed by atoms with E-state index in [0.29, 0.717) is 12.3 Å². The fourth-order valence-corrected chi connectivity index (χ4v) is 1.93. The van der Waals surface area contributed by atoms with Crippen molar-refractivity contribution >= 4 is 18.4 Å². The van der Waals surface area contributed by atoms with Gasteiger partial charge in [0.25, 0.3) is 0 Å². The maximum absolute atomic E-state index is 11.9. The summed E-state index contributed by atoms with van der Waals surface area (Å²) >= 11 is 0. The Morgan fingerprint density at radius 3 is 2.70 bits per heavy atom. The molecule has 0 amide bonds. The smallest absolute Gasteiger partial charge is 0.356 e. The third kappa shape index (κ3) is 3.61. The van der Waals surface area contributed by atoms with Crippen molar-refractivity contribution in [2.45, 2.75) is 26.3 Å². The molecule has 1 heterocycles. The highest BCUT2D eigenvalue weighted by Crippen LogP contribution is 2.19. The zero-order chi connectivity index (χ0) is 13.7. The van der Waals surface area contributed by atoms with Crippen LogP contribution in [0.5, 0.6) is 0 Å². The van der Waals surface area contributed by atoms with E-state index in [-0.39, 0.29) is 24.4 Å². The van der Waals surface area contributed by atoms with E-state index < -0.39 is 0 Å². The van der Waals surface area contributed by atoms with E-state index in [1.165, 1.54) is 0 Å². The monoisotopic (exact) mass is 294 g/mol. The average Bonchev–Trinajstić information content (AvgIpc) is 2.94. The van der Waals surface area contributed by atoms with E-state index in [9.17, 15) is 4.79 Å². The lowest BCUT2D eigenvalue weighted by molar-refractivity contribution is 0.0491. The number of benzene rings is 1. The van der Waals surface area contributed by atoms with Crippen molar-refractivity contribution in [1.29, 1.82) is 0 Å². The third-order valence-corrected chi connectivity index (χ3v) is 3.01. The first-order valence-electron chi connectivity index (χ1n) is 6.48. The fourth-order valence-electron chi connectivity index (χ4n) is 1.93. The number of carbonyl (C=O) groups is 1. The van der Waals surface area contributed by atoms with Crippen molar-refractivity contribution in [3.05, 3.63) is 54.1 Å². The highest BCUT2D eigenvalue weighted by molar-refractivity contribution is 5.87. The van der Waals surface area contributed by atoms with Gasteiger partial charge in [0.2, 0.25) is 0 Å². The van der Waals surface area contributed by atoms with Crippen molar-refractivity contribution in [1.82, 2.24) is 9.55 Å². The minimum absolute atomic E-state index is 0. The lowest BCUT2D eigenvalue weighted by atomic mass is 10.1. The maximum atomic E-state index is 11.9. The van der Waals surface area contributed by atoms with Crippen LogP contribution in [0.15, 0.2) is 42.9 Å². The molecule has 0 saturated carbocycles. The number of aromatic nitrogens is 2. The quantitative estimate of drug-likeness (QED) is 0.793. The molecular weight excluding hydrogens is 276 g/mol. The molecule has 0 unspecified atom stereocenters. The standard InChI is InChI=1S/C15H18N2O2.ClH/c1-3-9-19-15(18)14-10-16-11-17(14)12(2)13-7-5-4-6-8-13;/h4-8,10-12H,3,9H2,1-2H3;1H/t12-;/m1./s1. The molecule has 0 saturated heterocycles. The second-order valence-electron chi connectivity index (χ2n) is 4.41. The van der Waals surface area contributed by atoms with Crippen LogP contribution in [0.4, 0.5) is 0 Å². The molecule has 1 aromatic heterocycles. The summed E-state index contributed by atoms with van der Waals surface area (Å²) in [5.74, 6) is -0.317. The van der Waals surface area contributed by atoms with Gasteiger partial charge in [-0.05, 0) is 18.9 Å². The van der Waals surface area contributed by atoms with Gasteiger partial charge in [-0.2, -0.15) is 0 Å². The topological polar surface area (TPSA) is 44.1 Å². The molecule has 1 aromatic carbocycles. The van der Waals surface area contributed by atoms with Gasteiger partial charge in [0.15, 0.2) is 0 Å². The van der Waals surface area contributed by atoms with Gasteiger partial charge < -0.3 is 9.30 Å². The van der Waals surface area contributed by atoms with E-state index in [0.717, 1.165) is 12.0 Å². The molecule has 20 heavy (non-hydrogen) atoms. The van der Waals surface area contributed by atoms with Crippen LogP contribution in [0.1, 0.15) is 42.4 Å². The fraction of sp³-hybridized carbons (Fsp3) is 0.333. The van der Waals surface area contributed by atoms with Crippen molar-refractivity contribution in [2.24, 2.45) is 0 Å². The molecule has 0 aliphatic carbocycles. The Morgan fingerprint density at radius 2 is 2.05 bits per heavy atom. The van der Waals surface area contributed by atoms with Crippen LogP contribution in [0.2, 0.25) is 0 Å². The number of hydrogen-bond acceptors (Lipinski definition) is 3. The predicted molar refractivity (Wildman–Crippen MR) is 80.3 cm³/mol. The minimum atomic E-state index is -0.317. The summed E-state index contributed by atoms with van der Waals surface area (Å²) in [6.07, 6.45) is 4.03. The van der Waals surface area contributed by atoms with Crippen LogP contribution < -0.4 is 0 Å². The molecule has 0 aliphatic rings. The molecule has 0 aliphatic heterocycles. The van der Waals surface area contributed by atoms with Gasteiger partial charge >= 0.3 is 5.97 Å². The zero-order valence-corrected chi connectivity index (χ0v) is 12.5. The summed E-state index contributed by atoms with van der Waals surface area (Å²) in [7, 11) is 0. The van der Waals surface area contributed by atoms with Crippen LogP contribution in [-0.4, -0.2) is 22.1 Å². The van der Waals surface area contributed by atoms with E-state index in [2.05, 4.69) is 4.98 Å². The molecule has 0 bridgehead atoms. The Balaban J connectivity index is 0.00000200. The number of nitrogens with zero attached hydrogens (tertiary/aromatic N) is 2. The zero-order valence-electron chi connectivity index (χ0n) is 11.7. The van der Waals surface area contributed by atoms with Crippen LogP contribution in [0, 0.1) is 0 Å². The predicted octanol–water partition coefficient (Wildman–Crippen LogP) is 3.48. The Kier molecular flexibility index (Phi) is 6.25. The molecule has 5 heteroatoms. The van der Waals surface area contributed by atoms with Crippen molar-refractivity contribution in [3.63, 3.8) is 0 Å². The lowest BCUT2D eigenvalue weighted by Gasteiger charge is -2.16. The Bertz CT molecular complexity index is 540. The summed E-state index contributed by atoms with van der Waals surface area (Å²) in [6, 6.07) is 10.1. The summed E-state index contributed by atoms with van der Waals surface area (Å²) in [5.41, 5.74) is 1.62. The summed E-state index contributed by atoms with van der Waals surface area (Å²) in [6.45, 7) is 4.44. The highest BCUT2D eigenvalue weighted by Gasteiger charge is 2.17. The van der Waals surface area contributed by atoms with E-state index >= 15 is 0 Å². The number of halogens is 1. The summed E-state index contributed by atoms with van der Waals surface area (Å²) < 4.78 is 7.00. The van der Waals surface area contributed by atoms with Crippen LogP contribution in [-0.2, 0) is 4.74 Å². The Labute approximate surface area is 125 Å². The largest absolute Gasteiger partial charge is 0.461 e. The molecule has 4 nitrogen and oxygen atoms in total. The first-order chi connectivity index (χ1) is 9.24. The van der Waals surface area contributed by atoms with Gasteiger partial charge in [0, 0.05) is 0 Å². The number of carbonyl (C=O) groups excluding carboxylic acids is 1. The molecule has 2 rings (SSSR count). The molecule has 0 radical (unpaired) electrons.